The summed E-state index contributed by atoms with van der Waals surface area (Å²) in [6, 6.07) is 17.5. The molecular formula is C37H38O4. The number of ether oxygens (including phenoxy) is 4. The molecule has 0 amide bonds. The van der Waals surface area contributed by atoms with Crippen LogP contribution in [0.1, 0.15) is 80.4 Å². The van der Waals surface area contributed by atoms with Crippen LogP contribution in [0.2, 0.25) is 0 Å². The molecule has 6 bridgehead atoms. The quantitative estimate of drug-likeness (QED) is 0.309. The smallest absolute Gasteiger partial charge is 0.130 e. The average molecular weight is 547 g/mol. The van der Waals surface area contributed by atoms with E-state index in [1.807, 2.05) is 14.2 Å². The van der Waals surface area contributed by atoms with Crippen LogP contribution in [0.5, 0.6) is 11.5 Å². The van der Waals surface area contributed by atoms with Crippen LogP contribution in [0, 0.1) is 23.7 Å². The van der Waals surface area contributed by atoms with Crippen molar-refractivity contribution < 1.29 is 18.9 Å². The molecule has 3 aromatic carbocycles. The Labute approximate surface area is 242 Å². The molecule has 10 atom stereocenters. The van der Waals surface area contributed by atoms with Gasteiger partial charge in [0.15, 0.2) is 0 Å². The molecule has 0 unspecified atom stereocenters. The van der Waals surface area contributed by atoms with Crippen molar-refractivity contribution in [1.82, 2.24) is 0 Å². The fourth-order valence-electron chi connectivity index (χ4n) is 11.1. The summed E-state index contributed by atoms with van der Waals surface area (Å²) < 4.78 is 27.3. The molecule has 210 valence electrons. The second kappa shape index (κ2) is 7.85. The first-order valence-corrected chi connectivity index (χ1v) is 15.3. The molecule has 2 aliphatic carbocycles. The van der Waals surface area contributed by atoms with Crippen LogP contribution >= 0.6 is 0 Å². The molecule has 0 spiro atoms. The molecule has 4 heteroatoms. The van der Waals surface area contributed by atoms with Gasteiger partial charge in [0.25, 0.3) is 0 Å². The van der Waals surface area contributed by atoms with Gasteiger partial charge in [-0.1, -0.05) is 71.8 Å². The zero-order chi connectivity index (χ0) is 28.0. The number of fused-ring (bicyclic) bond motifs is 23. The normalized spacial score (nSPS) is 39.4. The van der Waals surface area contributed by atoms with Gasteiger partial charge in [-0.2, -0.15) is 0 Å². The summed E-state index contributed by atoms with van der Waals surface area (Å²) >= 11 is 0. The van der Waals surface area contributed by atoms with E-state index in [4.69, 9.17) is 18.9 Å². The Balaban J connectivity index is 1.35. The van der Waals surface area contributed by atoms with Gasteiger partial charge < -0.3 is 18.9 Å². The topological polar surface area (TPSA) is 36.9 Å². The van der Waals surface area contributed by atoms with Gasteiger partial charge >= 0.3 is 0 Å². The third-order valence-electron chi connectivity index (χ3n) is 11.5. The summed E-state index contributed by atoms with van der Waals surface area (Å²) in [6.45, 7) is 8.95. The first-order chi connectivity index (χ1) is 19.9. The number of hydrogen-bond donors (Lipinski definition) is 0. The van der Waals surface area contributed by atoms with Crippen LogP contribution in [0.25, 0.3) is 10.8 Å². The highest BCUT2D eigenvalue weighted by molar-refractivity contribution is 5.97. The van der Waals surface area contributed by atoms with Gasteiger partial charge in [0, 0.05) is 45.6 Å². The molecule has 1 saturated carbocycles. The van der Waals surface area contributed by atoms with E-state index in [1.54, 1.807) is 0 Å². The van der Waals surface area contributed by atoms with Crippen LogP contribution in [0.4, 0.5) is 0 Å². The molecule has 0 aromatic heterocycles. The van der Waals surface area contributed by atoms with Crippen LogP contribution in [0.15, 0.2) is 71.8 Å². The first kappa shape index (κ1) is 24.5. The second-order valence-electron chi connectivity index (χ2n) is 13.8. The highest BCUT2D eigenvalue weighted by atomic mass is 16.6. The summed E-state index contributed by atoms with van der Waals surface area (Å²) in [6.07, 6.45) is 6.27. The number of benzene rings is 3. The molecule has 4 heterocycles. The largest absolute Gasteiger partial charge is 0.496 e. The van der Waals surface area contributed by atoms with Gasteiger partial charge in [-0.15, -0.1) is 0 Å². The summed E-state index contributed by atoms with van der Waals surface area (Å²) in [5.74, 6) is 4.00. The van der Waals surface area contributed by atoms with Crippen LogP contribution < -0.4 is 9.47 Å². The van der Waals surface area contributed by atoms with Gasteiger partial charge in [0.1, 0.15) is 11.5 Å². The average Bonchev–Trinajstić information content (AvgIpc) is 3.77. The maximum Gasteiger partial charge on any atom is 0.130 e. The summed E-state index contributed by atoms with van der Waals surface area (Å²) in [4.78, 5) is 0. The lowest BCUT2D eigenvalue weighted by Gasteiger charge is -2.49. The van der Waals surface area contributed by atoms with Crippen LogP contribution in [-0.4, -0.2) is 25.4 Å². The molecule has 4 aliphatic heterocycles. The molecular weight excluding hydrogens is 508 g/mol. The lowest BCUT2D eigenvalue weighted by atomic mass is 9.49. The Hall–Kier alpha value is -3.08. The number of hydrogen-bond acceptors (Lipinski definition) is 4. The fourth-order valence-corrected chi connectivity index (χ4v) is 11.1. The van der Waals surface area contributed by atoms with E-state index >= 15 is 0 Å². The van der Waals surface area contributed by atoms with Gasteiger partial charge in [-0.05, 0) is 57.1 Å². The predicted molar refractivity (Wildman–Crippen MR) is 160 cm³/mol. The molecule has 0 radical (unpaired) electrons. The zero-order valence-corrected chi connectivity index (χ0v) is 24.7. The zero-order valence-electron chi connectivity index (χ0n) is 24.7. The van der Waals surface area contributed by atoms with Crippen LogP contribution in [0.3, 0.4) is 0 Å². The molecule has 41 heavy (non-hydrogen) atoms. The Kier molecular flexibility index (Phi) is 4.69. The standard InChI is InChI=1S/C37H38O4/c1-18(2)16-36-28-24-15-25(27-26(24)32(38-5)20-11-7-8-12-21(20)33(27)39-6)29(28)37(41-36,17-19(3)4)31-30(36)34-22-13-9-10-14-23(22)35(31)40-34/h7-14,16-17,24-25,28-31,34-35H,15H2,1-6H3/t24-,25+,28-,29+,30-,31+,34+,35-,36-,37+. The minimum absolute atomic E-state index is 0.0665. The van der Waals surface area contributed by atoms with E-state index in [-0.39, 0.29) is 24.0 Å². The molecule has 3 saturated heterocycles. The third-order valence-corrected chi connectivity index (χ3v) is 11.5. The molecule has 3 aromatic rings. The lowest BCUT2D eigenvalue weighted by Crippen LogP contribution is -2.54. The van der Waals surface area contributed by atoms with Crippen molar-refractivity contribution in [2.45, 2.75) is 69.4 Å². The molecule has 4 nitrogen and oxygen atoms in total. The van der Waals surface area contributed by atoms with Crippen molar-refractivity contribution in [1.29, 1.82) is 0 Å². The summed E-state index contributed by atoms with van der Waals surface area (Å²) in [5, 5.41) is 2.29. The maximum absolute atomic E-state index is 7.76. The minimum atomic E-state index is -0.395. The van der Waals surface area contributed by atoms with Crippen molar-refractivity contribution in [3.63, 3.8) is 0 Å². The van der Waals surface area contributed by atoms with Crippen molar-refractivity contribution in [3.05, 3.63) is 94.1 Å². The Bertz CT molecular complexity index is 1590. The van der Waals surface area contributed by atoms with Gasteiger partial charge in [0.05, 0.1) is 37.6 Å². The van der Waals surface area contributed by atoms with E-state index in [1.165, 1.54) is 33.4 Å². The fraction of sp³-hybridized carbons (Fsp3) is 0.459. The number of methoxy groups -OCH3 is 2. The van der Waals surface area contributed by atoms with E-state index in [2.05, 4.69) is 88.4 Å². The Morgan fingerprint density at radius 1 is 0.683 bits per heavy atom. The van der Waals surface area contributed by atoms with E-state index in [0.717, 1.165) is 28.7 Å². The third kappa shape index (κ3) is 2.63. The molecule has 9 rings (SSSR count). The second-order valence-corrected chi connectivity index (χ2v) is 13.8. The van der Waals surface area contributed by atoms with Crippen molar-refractivity contribution in [3.8, 4) is 11.5 Å². The number of rotatable bonds is 4. The summed E-state index contributed by atoms with van der Waals surface area (Å²) in [7, 11) is 3.67. The van der Waals surface area contributed by atoms with Crippen molar-refractivity contribution in [2.24, 2.45) is 23.7 Å². The monoisotopic (exact) mass is 546 g/mol. The first-order valence-electron chi connectivity index (χ1n) is 15.3. The predicted octanol–water partition coefficient (Wildman–Crippen LogP) is 8.19. The van der Waals surface area contributed by atoms with E-state index < -0.39 is 11.2 Å². The SMILES string of the molecule is COc1c2c(c(OC)c3ccccc13)[C@@H]1C[C@H]2[C@@H]2[C@H]1[C@]1(C=C(C)C)O[C@@]2(C=C(C)C)[C@@H]2[C@H]1[C@@H]1O[C@H]2c2ccccc21. The van der Waals surface area contributed by atoms with Crippen molar-refractivity contribution >= 4 is 10.8 Å². The number of allylic oxidation sites excluding steroid dienone is 2. The Morgan fingerprint density at radius 2 is 1.12 bits per heavy atom. The molecule has 6 aliphatic rings. The lowest BCUT2D eigenvalue weighted by molar-refractivity contribution is -0.0833. The molecule has 0 N–H and O–H groups in total. The van der Waals surface area contributed by atoms with Gasteiger partial charge in [-0.3, -0.25) is 0 Å². The van der Waals surface area contributed by atoms with Crippen molar-refractivity contribution in [2.75, 3.05) is 14.2 Å². The molecule has 4 fully saturated rings. The Morgan fingerprint density at radius 3 is 1.54 bits per heavy atom. The highest BCUT2D eigenvalue weighted by Gasteiger charge is 2.84. The van der Waals surface area contributed by atoms with Gasteiger partial charge in [-0.25, -0.2) is 0 Å². The van der Waals surface area contributed by atoms with Gasteiger partial charge in [0.2, 0.25) is 0 Å². The highest BCUT2D eigenvalue weighted by Crippen LogP contribution is 2.84. The maximum atomic E-state index is 7.76. The minimum Gasteiger partial charge on any atom is -0.496 e. The van der Waals surface area contributed by atoms with E-state index in [0.29, 0.717) is 23.7 Å². The van der Waals surface area contributed by atoms with Crippen LogP contribution in [-0.2, 0) is 9.47 Å². The van der Waals surface area contributed by atoms with E-state index in [9.17, 15) is 0 Å². The summed E-state index contributed by atoms with van der Waals surface area (Å²) in [5.41, 5.74) is 7.31.